The van der Waals surface area contributed by atoms with Crippen LogP contribution in [0.4, 0.5) is 0 Å². The highest BCUT2D eigenvalue weighted by molar-refractivity contribution is 9.10. The van der Waals surface area contributed by atoms with Gasteiger partial charge in [-0.2, -0.15) is 0 Å². The molecule has 1 aliphatic rings. The molecule has 0 heterocycles. The molecule has 98 valence electrons. The summed E-state index contributed by atoms with van der Waals surface area (Å²) in [5, 5.41) is 8.94. The third-order valence-electron chi connectivity index (χ3n) is 3.36. The first-order valence-corrected chi connectivity index (χ1v) is 7.05. The fraction of sp³-hybridized carbons (Fsp3) is 0.500. The highest BCUT2D eigenvalue weighted by Gasteiger charge is 2.20. The van der Waals surface area contributed by atoms with Gasteiger partial charge in [0.25, 0.3) is 0 Å². The van der Waals surface area contributed by atoms with Crippen molar-refractivity contribution in [1.29, 1.82) is 0 Å². The topological polar surface area (TPSA) is 46.5 Å². The Bertz CT molecular complexity index is 445. The molecule has 3 nitrogen and oxygen atoms in total. The Morgan fingerprint density at radius 1 is 1.44 bits per heavy atom. The fourth-order valence-corrected chi connectivity index (χ4v) is 2.95. The largest absolute Gasteiger partial charge is 0.490 e. The maximum Gasteiger partial charge on any atom is 0.336 e. The quantitative estimate of drug-likeness (QED) is 0.913. The molecule has 1 N–H and O–H groups in total. The van der Waals surface area contributed by atoms with Crippen LogP contribution in [0.3, 0.4) is 0 Å². The van der Waals surface area contributed by atoms with Gasteiger partial charge in [0, 0.05) is 4.47 Å². The van der Waals surface area contributed by atoms with Crippen molar-refractivity contribution >= 4 is 21.9 Å². The normalized spacial score (nSPS) is 23.7. The molecular formula is C14H17BrO3. The van der Waals surface area contributed by atoms with Crippen LogP contribution in [0.5, 0.6) is 5.75 Å². The molecule has 1 saturated carbocycles. The lowest BCUT2D eigenvalue weighted by Crippen LogP contribution is -2.24. The maximum atomic E-state index is 10.9. The van der Waals surface area contributed by atoms with E-state index in [0.29, 0.717) is 10.4 Å². The van der Waals surface area contributed by atoms with Crippen LogP contribution in [-0.4, -0.2) is 17.2 Å². The van der Waals surface area contributed by atoms with Crippen LogP contribution in [-0.2, 0) is 0 Å². The lowest BCUT2D eigenvalue weighted by atomic mass is 9.89. The predicted molar refractivity (Wildman–Crippen MR) is 73.1 cm³/mol. The van der Waals surface area contributed by atoms with Crippen LogP contribution in [0.15, 0.2) is 22.7 Å². The van der Waals surface area contributed by atoms with Crippen molar-refractivity contribution < 1.29 is 14.6 Å². The Morgan fingerprint density at radius 2 is 2.22 bits per heavy atom. The summed E-state index contributed by atoms with van der Waals surface area (Å²) in [6, 6.07) is 5.05. The smallest absolute Gasteiger partial charge is 0.336 e. The number of carbonyl (C=O) groups is 1. The van der Waals surface area contributed by atoms with E-state index in [-0.39, 0.29) is 11.7 Å². The molecule has 1 aromatic rings. The van der Waals surface area contributed by atoms with Crippen molar-refractivity contribution in [3.8, 4) is 5.75 Å². The minimum absolute atomic E-state index is 0.260. The molecule has 0 spiro atoms. The van der Waals surface area contributed by atoms with Gasteiger partial charge >= 0.3 is 5.97 Å². The molecule has 1 aromatic carbocycles. The Balaban J connectivity index is 2.05. The summed E-state index contributed by atoms with van der Waals surface area (Å²) in [6.45, 7) is 2.25. The van der Waals surface area contributed by atoms with Crippen molar-refractivity contribution in [3.63, 3.8) is 0 Å². The zero-order valence-corrected chi connectivity index (χ0v) is 11.9. The van der Waals surface area contributed by atoms with Gasteiger partial charge in [0.05, 0.1) is 11.7 Å². The Labute approximate surface area is 115 Å². The second-order valence-electron chi connectivity index (χ2n) is 4.96. The summed E-state index contributed by atoms with van der Waals surface area (Å²) in [5.41, 5.74) is 0.263. The van der Waals surface area contributed by atoms with E-state index in [0.717, 1.165) is 18.6 Å². The number of carboxylic acids is 1. The molecule has 1 fully saturated rings. The van der Waals surface area contributed by atoms with Gasteiger partial charge in [-0.05, 0) is 59.3 Å². The first-order valence-electron chi connectivity index (χ1n) is 6.25. The molecular weight excluding hydrogens is 296 g/mol. The van der Waals surface area contributed by atoms with E-state index in [9.17, 15) is 4.79 Å². The van der Waals surface area contributed by atoms with Crippen molar-refractivity contribution in [2.75, 3.05) is 0 Å². The summed E-state index contributed by atoms with van der Waals surface area (Å²) >= 11 is 3.26. The minimum Gasteiger partial charge on any atom is -0.490 e. The molecule has 1 aliphatic carbocycles. The van der Waals surface area contributed by atoms with Gasteiger partial charge in [-0.3, -0.25) is 0 Å². The second-order valence-corrected chi connectivity index (χ2v) is 5.81. The van der Waals surface area contributed by atoms with Gasteiger partial charge < -0.3 is 9.84 Å². The van der Waals surface area contributed by atoms with Crippen LogP contribution in [0, 0.1) is 5.92 Å². The zero-order valence-electron chi connectivity index (χ0n) is 10.4. The van der Waals surface area contributed by atoms with E-state index in [4.69, 9.17) is 9.84 Å². The number of aromatic carboxylic acids is 1. The van der Waals surface area contributed by atoms with E-state index in [2.05, 4.69) is 22.9 Å². The van der Waals surface area contributed by atoms with Crippen LogP contribution < -0.4 is 4.74 Å². The van der Waals surface area contributed by atoms with Gasteiger partial charge in [0.2, 0.25) is 0 Å². The molecule has 4 heteroatoms. The Morgan fingerprint density at radius 3 is 2.83 bits per heavy atom. The number of hydrogen-bond acceptors (Lipinski definition) is 2. The third kappa shape index (κ3) is 3.25. The average molecular weight is 313 g/mol. The lowest BCUT2D eigenvalue weighted by molar-refractivity contribution is 0.0696. The number of halogens is 1. The number of rotatable bonds is 3. The van der Waals surface area contributed by atoms with Crippen LogP contribution in [0.1, 0.15) is 43.0 Å². The third-order valence-corrected chi connectivity index (χ3v) is 4.02. The molecule has 2 unspecified atom stereocenters. The van der Waals surface area contributed by atoms with Crippen LogP contribution in [0.2, 0.25) is 0 Å². The molecule has 0 saturated heterocycles. The summed E-state index contributed by atoms with van der Waals surface area (Å²) in [5.74, 6) is 0.524. The highest BCUT2D eigenvalue weighted by Crippen LogP contribution is 2.29. The molecule has 18 heavy (non-hydrogen) atoms. The van der Waals surface area contributed by atoms with E-state index < -0.39 is 5.97 Å². The van der Waals surface area contributed by atoms with Crippen LogP contribution in [0.25, 0.3) is 0 Å². The summed E-state index contributed by atoms with van der Waals surface area (Å²) in [6.07, 6.45) is 4.92. The van der Waals surface area contributed by atoms with Gasteiger partial charge in [-0.25, -0.2) is 4.79 Å². The van der Waals surface area contributed by atoms with Gasteiger partial charge in [0.15, 0.2) is 0 Å². The minimum atomic E-state index is -0.931. The van der Waals surface area contributed by atoms with E-state index >= 15 is 0 Å². The molecule has 0 aliphatic heterocycles. The second kappa shape index (κ2) is 5.74. The van der Waals surface area contributed by atoms with Crippen molar-refractivity contribution in [2.45, 2.75) is 38.7 Å². The fourth-order valence-electron chi connectivity index (χ4n) is 2.42. The number of ether oxygens (including phenoxy) is 1. The maximum absolute atomic E-state index is 10.9. The van der Waals surface area contributed by atoms with Crippen molar-refractivity contribution in [1.82, 2.24) is 0 Å². The van der Waals surface area contributed by atoms with Crippen molar-refractivity contribution in [2.24, 2.45) is 5.92 Å². The predicted octanol–water partition coefficient (Wildman–Crippen LogP) is 4.10. The molecule has 2 atom stereocenters. The first-order chi connectivity index (χ1) is 8.56. The van der Waals surface area contributed by atoms with Crippen molar-refractivity contribution in [3.05, 3.63) is 28.2 Å². The zero-order chi connectivity index (χ0) is 13.1. The lowest BCUT2D eigenvalue weighted by Gasteiger charge is -2.27. The van der Waals surface area contributed by atoms with E-state index in [1.165, 1.54) is 12.8 Å². The van der Waals surface area contributed by atoms with Gasteiger partial charge in [-0.15, -0.1) is 0 Å². The standard InChI is InChI=1S/C14H17BrO3/c1-9-3-2-4-10(7-9)18-11-5-6-12(14(16)17)13(15)8-11/h5-6,8-10H,2-4,7H2,1H3,(H,16,17). The SMILES string of the molecule is CC1CCCC(Oc2ccc(C(=O)O)c(Br)c2)C1. The molecule has 2 rings (SSSR count). The Kier molecular flexibility index (Phi) is 4.27. The summed E-state index contributed by atoms with van der Waals surface area (Å²) in [4.78, 5) is 10.9. The summed E-state index contributed by atoms with van der Waals surface area (Å²) in [7, 11) is 0. The monoisotopic (exact) mass is 312 g/mol. The first kappa shape index (κ1) is 13.4. The van der Waals surface area contributed by atoms with Gasteiger partial charge in [-0.1, -0.05) is 13.3 Å². The average Bonchev–Trinajstić information content (AvgIpc) is 2.28. The molecule has 0 radical (unpaired) electrons. The van der Waals surface area contributed by atoms with E-state index in [1.807, 2.05) is 0 Å². The molecule has 0 aromatic heterocycles. The van der Waals surface area contributed by atoms with E-state index in [1.54, 1.807) is 18.2 Å². The Hall–Kier alpha value is -1.03. The highest BCUT2D eigenvalue weighted by atomic mass is 79.9. The summed E-state index contributed by atoms with van der Waals surface area (Å²) < 4.78 is 6.48. The number of benzene rings is 1. The molecule has 0 amide bonds. The van der Waals surface area contributed by atoms with Crippen LogP contribution >= 0.6 is 15.9 Å². The molecule has 0 bridgehead atoms. The number of carboxylic acid groups (broad SMARTS) is 1. The van der Waals surface area contributed by atoms with Gasteiger partial charge in [0.1, 0.15) is 5.75 Å². The number of hydrogen-bond donors (Lipinski definition) is 1.